The number of amides is 1. The molecule has 1 aliphatic carbocycles. The number of carbonyl (C=O) groups is 1. The molecule has 0 radical (unpaired) electrons. The molecule has 2 aliphatic rings. The van der Waals surface area contributed by atoms with Crippen molar-refractivity contribution in [3.8, 4) is 0 Å². The third-order valence-corrected chi connectivity index (χ3v) is 4.72. The molecule has 1 amide bonds. The summed E-state index contributed by atoms with van der Waals surface area (Å²) in [5.74, 6) is 1.72. The van der Waals surface area contributed by atoms with E-state index in [1.165, 1.54) is 12.8 Å². The molecule has 1 saturated heterocycles. The number of carbonyl (C=O) groups excluding carboxylic acids is 1. The van der Waals surface area contributed by atoms with Crippen molar-refractivity contribution in [1.82, 2.24) is 20.4 Å². The van der Waals surface area contributed by atoms with Gasteiger partial charge < -0.3 is 25.2 Å². The first-order valence-electron chi connectivity index (χ1n) is 9.31. The number of nitrogens with zero attached hydrogens (tertiary/aromatic N) is 3. The molecule has 0 aromatic carbocycles. The molecule has 7 heteroatoms. The van der Waals surface area contributed by atoms with E-state index < -0.39 is 5.60 Å². The van der Waals surface area contributed by atoms with Crippen LogP contribution in [0.4, 0.5) is 4.79 Å². The smallest absolute Gasteiger partial charge is 0.407 e. The maximum atomic E-state index is 11.9. The Morgan fingerprint density at radius 1 is 1.32 bits per heavy atom. The standard InChI is InChI=1S/C18H35N5O2/c1-18(2,3)25-17(24)21-14-9-10-23(12-14)16(19-4)20-11-15(22(5)6)13-7-8-13/h13-15H,7-12H2,1-6H3,(H,19,20)(H,21,24). The molecule has 2 atom stereocenters. The van der Waals surface area contributed by atoms with Crippen LogP contribution in [0, 0.1) is 5.92 Å². The van der Waals surface area contributed by atoms with E-state index in [0.717, 1.165) is 37.9 Å². The molecule has 144 valence electrons. The van der Waals surface area contributed by atoms with Crippen LogP contribution in [0.5, 0.6) is 0 Å². The second-order valence-corrected chi connectivity index (χ2v) is 8.37. The number of guanidine groups is 1. The van der Waals surface area contributed by atoms with Crippen molar-refractivity contribution in [2.45, 2.75) is 57.7 Å². The molecule has 1 aliphatic heterocycles. The fraction of sp³-hybridized carbons (Fsp3) is 0.889. The van der Waals surface area contributed by atoms with Crippen molar-refractivity contribution in [1.29, 1.82) is 0 Å². The summed E-state index contributed by atoms with van der Waals surface area (Å²) >= 11 is 0. The largest absolute Gasteiger partial charge is 0.444 e. The zero-order chi connectivity index (χ0) is 18.6. The summed E-state index contributed by atoms with van der Waals surface area (Å²) in [5, 5.41) is 6.48. The minimum atomic E-state index is -0.468. The number of nitrogens with one attached hydrogen (secondary N) is 2. The molecule has 1 saturated carbocycles. The molecular formula is C18H35N5O2. The summed E-state index contributed by atoms with van der Waals surface area (Å²) in [5.41, 5.74) is -0.468. The third-order valence-electron chi connectivity index (χ3n) is 4.72. The Morgan fingerprint density at radius 2 is 2.00 bits per heavy atom. The quantitative estimate of drug-likeness (QED) is 0.579. The van der Waals surface area contributed by atoms with Gasteiger partial charge in [0.05, 0.1) is 6.04 Å². The average molecular weight is 354 g/mol. The number of aliphatic imine (C=N–C) groups is 1. The highest BCUT2D eigenvalue weighted by molar-refractivity contribution is 5.80. The van der Waals surface area contributed by atoms with Crippen LogP contribution >= 0.6 is 0 Å². The normalized spacial score (nSPS) is 22.9. The molecule has 0 bridgehead atoms. The van der Waals surface area contributed by atoms with E-state index in [1.54, 1.807) is 0 Å². The molecule has 0 spiro atoms. The van der Waals surface area contributed by atoms with Crippen LogP contribution in [-0.2, 0) is 4.74 Å². The zero-order valence-corrected chi connectivity index (χ0v) is 16.6. The molecule has 2 fully saturated rings. The lowest BCUT2D eigenvalue weighted by Gasteiger charge is -2.28. The predicted molar refractivity (Wildman–Crippen MR) is 101 cm³/mol. The van der Waals surface area contributed by atoms with Crippen molar-refractivity contribution in [2.75, 3.05) is 40.8 Å². The SMILES string of the molecule is CN=C(NCC(C1CC1)N(C)C)N1CCC(NC(=O)OC(C)(C)C)C1. The molecule has 7 nitrogen and oxygen atoms in total. The number of hydrogen-bond acceptors (Lipinski definition) is 4. The molecule has 2 rings (SSSR count). The lowest BCUT2D eigenvalue weighted by molar-refractivity contribution is 0.0507. The number of ether oxygens (including phenoxy) is 1. The first-order valence-corrected chi connectivity index (χ1v) is 9.31. The second kappa shape index (κ2) is 8.25. The van der Waals surface area contributed by atoms with E-state index in [0.29, 0.717) is 6.04 Å². The van der Waals surface area contributed by atoms with Crippen LogP contribution in [-0.4, -0.2) is 80.3 Å². The van der Waals surface area contributed by atoms with Gasteiger partial charge in [-0.2, -0.15) is 0 Å². The number of rotatable bonds is 5. The Balaban J connectivity index is 1.79. The van der Waals surface area contributed by atoms with Crippen LogP contribution in [0.1, 0.15) is 40.0 Å². The molecule has 1 heterocycles. The van der Waals surface area contributed by atoms with Crippen molar-refractivity contribution >= 4 is 12.1 Å². The Bertz CT molecular complexity index is 480. The van der Waals surface area contributed by atoms with Gasteiger partial charge in [0, 0.05) is 32.7 Å². The highest BCUT2D eigenvalue weighted by Gasteiger charge is 2.33. The fourth-order valence-corrected chi connectivity index (χ4v) is 3.32. The lowest BCUT2D eigenvalue weighted by Crippen LogP contribution is -2.48. The Morgan fingerprint density at radius 3 is 2.52 bits per heavy atom. The van der Waals surface area contributed by atoms with E-state index in [2.05, 4.69) is 39.5 Å². The Hall–Kier alpha value is -1.50. The van der Waals surface area contributed by atoms with E-state index in [9.17, 15) is 4.79 Å². The highest BCUT2D eigenvalue weighted by Crippen LogP contribution is 2.34. The highest BCUT2D eigenvalue weighted by atomic mass is 16.6. The van der Waals surface area contributed by atoms with Crippen molar-refractivity contribution < 1.29 is 9.53 Å². The summed E-state index contributed by atoms with van der Waals surface area (Å²) in [6.07, 6.45) is 3.21. The fourth-order valence-electron chi connectivity index (χ4n) is 3.32. The van der Waals surface area contributed by atoms with Gasteiger partial charge in [-0.15, -0.1) is 0 Å². The Kier molecular flexibility index (Phi) is 6.54. The maximum absolute atomic E-state index is 11.9. The van der Waals surface area contributed by atoms with E-state index >= 15 is 0 Å². The lowest BCUT2D eigenvalue weighted by atomic mass is 10.1. The van der Waals surface area contributed by atoms with Gasteiger partial charge in [-0.05, 0) is 60.0 Å². The number of alkyl carbamates (subject to hydrolysis) is 1. The molecule has 2 unspecified atom stereocenters. The Labute approximate surface area is 152 Å². The summed E-state index contributed by atoms with van der Waals surface area (Å²) in [6.45, 7) is 8.18. The van der Waals surface area contributed by atoms with Crippen molar-refractivity contribution in [3.05, 3.63) is 0 Å². The third kappa shape index (κ3) is 6.38. The van der Waals surface area contributed by atoms with Gasteiger partial charge in [-0.1, -0.05) is 0 Å². The molecule has 0 aromatic heterocycles. The van der Waals surface area contributed by atoms with E-state index in [1.807, 2.05) is 27.8 Å². The van der Waals surface area contributed by atoms with Gasteiger partial charge in [0.1, 0.15) is 5.60 Å². The van der Waals surface area contributed by atoms with Gasteiger partial charge in [0.15, 0.2) is 5.96 Å². The van der Waals surface area contributed by atoms with Gasteiger partial charge in [-0.25, -0.2) is 4.79 Å². The van der Waals surface area contributed by atoms with Crippen molar-refractivity contribution in [3.63, 3.8) is 0 Å². The monoisotopic (exact) mass is 353 g/mol. The number of likely N-dealkylation sites (N-methyl/N-ethyl adjacent to an activating group) is 1. The average Bonchev–Trinajstić information content (AvgIpc) is 3.21. The van der Waals surface area contributed by atoms with Crippen LogP contribution < -0.4 is 10.6 Å². The van der Waals surface area contributed by atoms with Crippen LogP contribution in [0.15, 0.2) is 4.99 Å². The van der Waals surface area contributed by atoms with Crippen LogP contribution in [0.3, 0.4) is 0 Å². The minimum absolute atomic E-state index is 0.0986. The van der Waals surface area contributed by atoms with E-state index in [-0.39, 0.29) is 12.1 Å². The van der Waals surface area contributed by atoms with Gasteiger partial charge in [0.2, 0.25) is 0 Å². The van der Waals surface area contributed by atoms with Crippen molar-refractivity contribution in [2.24, 2.45) is 10.9 Å². The molecule has 2 N–H and O–H groups in total. The van der Waals surface area contributed by atoms with Crippen LogP contribution in [0.25, 0.3) is 0 Å². The molecule has 25 heavy (non-hydrogen) atoms. The second-order valence-electron chi connectivity index (χ2n) is 8.37. The predicted octanol–water partition coefficient (Wildman–Crippen LogP) is 1.50. The number of likely N-dealkylation sites (tertiary alicyclic amines) is 1. The zero-order valence-electron chi connectivity index (χ0n) is 16.6. The summed E-state index contributed by atoms with van der Waals surface area (Å²) < 4.78 is 5.34. The maximum Gasteiger partial charge on any atom is 0.407 e. The minimum Gasteiger partial charge on any atom is -0.444 e. The first kappa shape index (κ1) is 19.8. The summed E-state index contributed by atoms with van der Waals surface area (Å²) in [4.78, 5) is 20.9. The first-order chi connectivity index (χ1) is 11.7. The van der Waals surface area contributed by atoms with Gasteiger partial charge >= 0.3 is 6.09 Å². The van der Waals surface area contributed by atoms with Gasteiger partial charge in [-0.3, -0.25) is 4.99 Å². The summed E-state index contributed by atoms with van der Waals surface area (Å²) in [6, 6.07) is 0.650. The van der Waals surface area contributed by atoms with Crippen LogP contribution in [0.2, 0.25) is 0 Å². The van der Waals surface area contributed by atoms with E-state index in [4.69, 9.17) is 4.74 Å². The molecule has 0 aromatic rings. The summed E-state index contributed by atoms with van der Waals surface area (Å²) in [7, 11) is 6.10. The topological polar surface area (TPSA) is 69.2 Å². The van der Waals surface area contributed by atoms with Gasteiger partial charge in [0.25, 0.3) is 0 Å². The number of hydrogen-bond donors (Lipinski definition) is 2. The molecular weight excluding hydrogens is 318 g/mol.